The largest absolute Gasteiger partial charge is 0.378 e. The predicted octanol–water partition coefficient (Wildman–Crippen LogP) is 4.24. The Morgan fingerprint density at radius 3 is 2.50 bits per heavy atom. The van der Waals surface area contributed by atoms with Gasteiger partial charge in [0.05, 0.1) is 30.7 Å². The molecule has 0 unspecified atom stereocenters. The van der Waals surface area contributed by atoms with Gasteiger partial charge < -0.3 is 25.6 Å². The Bertz CT molecular complexity index is 1060. The fourth-order valence-corrected chi connectivity index (χ4v) is 3.41. The van der Waals surface area contributed by atoms with Gasteiger partial charge in [-0.3, -0.25) is 4.79 Å². The third-order valence-corrected chi connectivity index (χ3v) is 5.17. The second-order valence-electron chi connectivity index (χ2n) is 6.91. The van der Waals surface area contributed by atoms with E-state index >= 15 is 0 Å². The second-order valence-corrected chi connectivity index (χ2v) is 7.32. The summed E-state index contributed by atoms with van der Waals surface area (Å²) in [6.45, 7) is 3.27. The highest BCUT2D eigenvalue weighted by atomic mass is 35.5. The fourth-order valence-electron chi connectivity index (χ4n) is 3.27. The van der Waals surface area contributed by atoms with Gasteiger partial charge in [-0.15, -0.1) is 12.4 Å². The molecule has 1 amide bonds. The van der Waals surface area contributed by atoms with E-state index in [-0.39, 0.29) is 18.3 Å². The highest BCUT2D eigenvalue weighted by Gasteiger charge is 2.13. The number of nitrogens with zero attached hydrogens (tertiary/aromatic N) is 3. The number of para-hydroxylation sites is 1. The number of aromatic nitrogens is 2. The Balaban J connectivity index is 0.00000289. The highest BCUT2D eigenvalue weighted by molar-refractivity contribution is 6.33. The molecule has 32 heavy (non-hydrogen) atoms. The maximum atomic E-state index is 12.1. The number of hydrogen-bond acceptors (Lipinski definition) is 7. The highest BCUT2D eigenvalue weighted by Crippen LogP contribution is 2.27. The number of benzene rings is 2. The van der Waals surface area contributed by atoms with E-state index in [0.717, 1.165) is 37.7 Å². The lowest BCUT2D eigenvalue weighted by Gasteiger charge is -2.28. The third-order valence-electron chi connectivity index (χ3n) is 4.90. The molecule has 0 spiro atoms. The van der Waals surface area contributed by atoms with Crippen molar-refractivity contribution in [1.82, 2.24) is 15.3 Å². The van der Waals surface area contributed by atoms with Crippen molar-refractivity contribution in [2.24, 2.45) is 0 Å². The summed E-state index contributed by atoms with van der Waals surface area (Å²) in [4.78, 5) is 23.1. The summed E-state index contributed by atoms with van der Waals surface area (Å²) in [5, 5.41) is 9.30. The van der Waals surface area contributed by atoms with Gasteiger partial charge in [0.2, 0.25) is 5.95 Å². The van der Waals surface area contributed by atoms with Crippen molar-refractivity contribution in [3.8, 4) is 0 Å². The van der Waals surface area contributed by atoms with E-state index in [9.17, 15) is 4.79 Å². The van der Waals surface area contributed by atoms with Crippen LogP contribution in [-0.4, -0.2) is 49.2 Å². The van der Waals surface area contributed by atoms with E-state index in [0.29, 0.717) is 28.0 Å². The molecule has 8 nitrogen and oxygen atoms in total. The van der Waals surface area contributed by atoms with Crippen LogP contribution in [0.1, 0.15) is 10.4 Å². The van der Waals surface area contributed by atoms with E-state index in [4.69, 9.17) is 16.3 Å². The summed E-state index contributed by atoms with van der Waals surface area (Å²) < 4.78 is 5.40. The zero-order valence-corrected chi connectivity index (χ0v) is 19.0. The van der Waals surface area contributed by atoms with Crippen LogP contribution in [0.25, 0.3) is 0 Å². The van der Waals surface area contributed by atoms with Crippen molar-refractivity contribution in [1.29, 1.82) is 0 Å². The molecule has 1 fully saturated rings. The monoisotopic (exact) mass is 474 g/mol. The molecule has 4 rings (SSSR count). The molecule has 0 radical (unpaired) electrons. The summed E-state index contributed by atoms with van der Waals surface area (Å²) >= 11 is 6.29. The van der Waals surface area contributed by atoms with Crippen LogP contribution in [0.3, 0.4) is 0 Å². The van der Waals surface area contributed by atoms with E-state index in [1.54, 1.807) is 25.2 Å². The van der Waals surface area contributed by atoms with Gasteiger partial charge in [-0.1, -0.05) is 23.7 Å². The van der Waals surface area contributed by atoms with Crippen LogP contribution in [0.2, 0.25) is 5.02 Å². The van der Waals surface area contributed by atoms with E-state index in [1.165, 1.54) is 6.20 Å². The number of hydrogen-bond donors (Lipinski definition) is 3. The molecule has 0 aliphatic carbocycles. The molecule has 3 N–H and O–H groups in total. The van der Waals surface area contributed by atoms with Gasteiger partial charge in [-0.2, -0.15) is 4.98 Å². The average molecular weight is 475 g/mol. The molecule has 0 saturated carbocycles. The lowest BCUT2D eigenvalue weighted by Crippen LogP contribution is -2.36. The number of ether oxygens (including phenoxy) is 1. The van der Waals surface area contributed by atoms with Gasteiger partial charge >= 0.3 is 0 Å². The molecule has 0 atom stereocenters. The molecular weight excluding hydrogens is 451 g/mol. The molecule has 0 bridgehead atoms. The zero-order valence-electron chi connectivity index (χ0n) is 17.5. The van der Waals surface area contributed by atoms with E-state index < -0.39 is 0 Å². The molecule has 1 saturated heterocycles. The molecule has 3 aromatic rings. The smallest absolute Gasteiger partial charge is 0.253 e. The van der Waals surface area contributed by atoms with E-state index in [2.05, 4.69) is 43.0 Å². The summed E-state index contributed by atoms with van der Waals surface area (Å²) in [6.07, 6.45) is 1.52. The molecule has 1 aliphatic heterocycles. The minimum Gasteiger partial charge on any atom is -0.378 e. The summed E-state index contributed by atoms with van der Waals surface area (Å²) in [7, 11) is 1.59. The van der Waals surface area contributed by atoms with Crippen molar-refractivity contribution < 1.29 is 9.53 Å². The minimum absolute atomic E-state index is 0. The summed E-state index contributed by atoms with van der Waals surface area (Å²) in [5.41, 5.74) is 3.10. The Morgan fingerprint density at radius 2 is 1.78 bits per heavy atom. The zero-order chi connectivity index (χ0) is 21.6. The first-order valence-electron chi connectivity index (χ1n) is 9.94. The minimum atomic E-state index is -0.202. The predicted molar refractivity (Wildman–Crippen MR) is 130 cm³/mol. The van der Waals surface area contributed by atoms with Crippen LogP contribution >= 0.6 is 24.0 Å². The van der Waals surface area contributed by atoms with Crippen LogP contribution in [0.4, 0.5) is 28.8 Å². The van der Waals surface area contributed by atoms with Gasteiger partial charge in [0, 0.05) is 31.5 Å². The summed E-state index contributed by atoms with van der Waals surface area (Å²) in [6, 6.07) is 15.2. The van der Waals surface area contributed by atoms with E-state index in [1.807, 2.05) is 18.2 Å². The van der Waals surface area contributed by atoms with Crippen LogP contribution in [0.5, 0.6) is 0 Å². The molecule has 1 aliphatic rings. The lowest BCUT2D eigenvalue weighted by atomic mass is 10.1. The average Bonchev–Trinajstić information content (AvgIpc) is 2.82. The summed E-state index contributed by atoms with van der Waals surface area (Å²) in [5.74, 6) is 0.593. The number of carbonyl (C=O) groups excluding carboxylic acids is 1. The van der Waals surface area contributed by atoms with Crippen LogP contribution in [0.15, 0.2) is 54.7 Å². The van der Waals surface area contributed by atoms with Crippen LogP contribution < -0.4 is 20.9 Å². The lowest BCUT2D eigenvalue weighted by molar-refractivity contribution is 0.0964. The number of nitrogens with one attached hydrogen (secondary N) is 3. The molecular formula is C22H24Cl2N6O2. The Hall–Kier alpha value is -3.07. The maximum Gasteiger partial charge on any atom is 0.253 e. The first kappa shape index (κ1) is 23.6. The normalized spacial score (nSPS) is 13.1. The quantitative estimate of drug-likeness (QED) is 0.492. The Labute approximate surface area is 197 Å². The van der Waals surface area contributed by atoms with Crippen molar-refractivity contribution in [2.45, 2.75) is 0 Å². The number of amides is 1. The topological polar surface area (TPSA) is 91.4 Å². The van der Waals surface area contributed by atoms with Crippen molar-refractivity contribution in [3.63, 3.8) is 0 Å². The standard InChI is InChI=1S/C22H23ClN6O2.ClH/c1-24-21(30)17-4-2-3-5-19(17)27-20-18(23)14-25-22(28-20)26-15-6-8-16(9-7-15)29-10-12-31-13-11-29;/h2-9,14H,10-13H2,1H3,(H,24,30)(H2,25,26,27,28);1H. The van der Waals surface area contributed by atoms with Crippen molar-refractivity contribution in [3.05, 3.63) is 65.3 Å². The third kappa shape index (κ3) is 5.59. The second kappa shape index (κ2) is 11.0. The molecule has 2 aromatic carbocycles. The first-order valence-corrected chi connectivity index (χ1v) is 10.3. The molecule has 1 aromatic heterocycles. The van der Waals surface area contributed by atoms with Gasteiger partial charge in [0.15, 0.2) is 5.82 Å². The number of halogens is 2. The SMILES string of the molecule is CNC(=O)c1ccccc1Nc1nc(Nc2ccc(N3CCOCC3)cc2)ncc1Cl.Cl. The first-order chi connectivity index (χ1) is 15.1. The number of morpholine rings is 1. The number of anilines is 5. The van der Waals surface area contributed by atoms with Crippen LogP contribution in [0, 0.1) is 0 Å². The maximum absolute atomic E-state index is 12.1. The molecule has 10 heteroatoms. The molecule has 168 valence electrons. The van der Waals surface area contributed by atoms with Gasteiger partial charge in [0.1, 0.15) is 5.02 Å². The van der Waals surface area contributed by atoms with Crippen LogP contribution in [-0.2, 0) is 4.74 Å². The van der Waals surface area contributed by atoms with Crippen molar-refractivity contribution >= 4 is 58.7 Å². The van der Waals surface area contributed by atoms with Gasteiger partial charge in [-0.05, 0) is 36.4 Å². The Morgan fingerprint density at radius 1 is 1.06 bits per heavy atom. The number of rotatable bonds is 6. The van der Waals surface area contributed by atoms with Gasteiger partial charge in [-0.25, -0.2) is 4.98 Å². The number of carbonyl (C=O) groups is 1. The van der Waals surface area contributed by atoms with Crippen molar-refractivity contribution in [2.75, 3.05) is 48.9 Å². The molecule has 2 heterocycles. The van der Waals surface area contributed by atoms with Gasteiger partial charge in [0.25, 0.3) is 5.91 Å². The Kier molecular flexibility index (Phi) is 8.10. The fraction of sp³-hybridized carbons (Fsp3) is 0.227.